The van der Waals surface area contributed by atoms with Crippen molar-refractivity contribution in [2.45, 2.75) is 13.0 Å². The van der Waals surface area contributed by atoms with Crippen molar-refractivity contribution in [3.63, 3.8) is 0 Å². The highest BCUT2D eigenvalue weighted by molar-refractivity contribution is 9.10. The summed E-state index contributed by atoms with van der Waals surface area (Å²) in [6, 6.07) is 5.97. The smallest absolute Gasteiger partial charge is 0.125 e. The minimum Gasteiger partial charge on any atom is -0.467 e. The van der Waals surface area contributed by atoms with Crippen LogP contribution in [-0.2, 0) is 0 Å². The maximum absolute atomic E-state index is 5.44. The van der Waals surface area contributed by atoms with Crippen LogP contribution in [0.1, 0.15) is 24.3 Å². The zero-order valence-electron chi connectivity index (χ0n) is 8.98. The largest absolute Gasteiger partial charge is 0.467 e. The predicted octanol–water partition coefficient (Wildman–Crippen LogP) is 3.14. The van der Waals surface area contributed by atoms with Gasteiger partial charge in [-0.3, -0.25) is 4.98 Å². The highest BCUT2D eigenvalue weighted by Crippen LogP contribution is 2.23. The van der Waals surface area contributed by atoms with E-state index in [4.69, 9.17) is 4.42 Å². The van der Waals surface area contributed by atoms with Crippen LogP contribution in [0.15, 0.2) is 45.7 Å². The van der Waals surface area contributed by atoms with E-state index < -0.39 is 0 Å². The van der Waals surface area contributed by atoms with Gasteiger partial charge in [0.2, 0.25) is 0 Å². The zero-order valence-corrected chi connectivity index (χ0v) is 10.6. The second-order valence-corrected chi connectivity index (χ2v) is 4.36. The fraction of sp³-hybridized carbons (Fsp3) is 0.250. The van der Waals surface area contributed by atoms with Crippen molar-refractivity contribution in [2.75, 3.05) is 6.54 Å². The van der Waals surface area contributed by atoms with E-state index in [0.29, 0.717) is 0 Å². The highest BCUT2D eigenvalue weighted by atomic mass is 79.9. The Bertz CT molecular complexity index is 442. The predicted molar refractivity (Wildman–Crippen MR) is 66.2 cm³/mol. The van der Waals surface area contributed by atoms with Crippen LogP contribution in [0.25, 0.3) is 0 Å². The lowest BCUT2D eigenvalue weighted by Crippen LogP contribution is -2.21. The molecule has 0 aromatic carbocycles. The fourth-order valence-corrected chi connectivity index (χ4v) is 2.01. The lowest BCUT2D eigenvalue weighted by Gasteiger charge is -2.15. The van der Waals surface area contributed by atoms with Crippen molar-refractivity contribution in [1.82, 2.24) is 10.3 Å². The Morgan fingerprint density at radius 1 is 1.50 bits per heavy atom. The van der Waals surface area contributed by atoms with E-state index in [-0.39, 0.29) is 6.04 Å². The molecule has 84 valence electrons. The Hall–Kier alpha value is -1.13. The number of furan rings is 1. The molecule has 2 heterocycles. The van der Waals surface area contributed by atoms with E-state index in [1.165, 1.54) is 0 Å². The van der Waals surface area contributed by atoms with E-state index in [1.807, 2.05) is 24.4 Å². The molecule has 1 atom stereocenters. The SMILES string of the molecule is CCNC(c1cncc(Br)c1)c1ccco1. The molecule has 3 nitrogen and oxygen atoms in total. The van der Waals surface area contributed by atoms with Gasteiger partial charge in [0.25, 0.3) is 0 Å². The molecule has 2 aromatic heterocycles. The lowest BCUT2D eigenvalue weighted by atomic mass is 10.1. The van der Waals surface area contributed by atoms with Crippen LogP contribution < -0.4 is 5.32 Å². The molecule has 0 aliphatic carbocycles. The summed E-state index contributed by atoms with van der Waals surface area (Å²) >= 11 is 3.42. The second-order valence-electron chi connectivity index (χ2n) is 3.44. The summed E-state index contributed by atoms with van der Waals surface area (Å²) < 4.78 is 6.41. The Kier molecular flexibility index (Phi) is 3.74. The first-order valence-corrected chi connectivity index (χ1v) is 5.97. The van der Waals surface area contributed by atoms with Gasteiger partial charge in [0.1, 0.15) is 5.76 Å². The second kappa shape index (κ2) is 5.27. The van der Waals surface area contributed by atoms with Crippen LogP contribution in [0.4, 0.5) is 0 Å². The molecule has 0 bridgehead atoms. The Labute approximate surface area is 103 Å². The molecule has 0 radical (unpaired) electrons. The number of nitrogens with zero attached hydrogens (tertiary/aromatic N) is 1. The highest BCUT2D eigenvalue weighted by Gasteiger charge is 2.15. The quantitative estimate of drug-likeness (QED) is 0.935. The molecule has 16 heavy (non-hydrogen) atoms. The molecule has 0 spiro atoms. The van der Waals surface area contributed by atoms with Gasteiger partial charge in [-0.2, -0.15) is 0 Å². The van der Waals surface area contributed by atoms with Crippen molar-refractivity contribution in [3.8, 4) is 0 Å². The van der Waals surface area contributed by atoms with Crippen LogP contribution in [0.5, 0.6) is 0 Å². The van der Waals surface area contributed by atoms with E-state index in [9.17, 15) is 0 Å². The monoisotopic (exact) mass is 280 g/mol. The van der Waals surface area contributed by atoms with Crippen LogP contribution in [0, 0.1) is 0 Å². The first-order chi connectivity index (χ1) is 7.81. The summed E-state index contributed by atoms with van der Waals surface area (Å²) in [5, 5.41) is 3.37. The number of hydrogen-bond acceptors (Lipinski definition) is 3. The molecule has 1 N–H and O–H groups in total. The standard InChI is InChI=1S/C12H13BrN2O/c1-2-15-12(11-4-3-5-16-11)9-6-10(13)8-14-7-9/h3-8,12,15H,2H2,1H3. The van der Waals surface area contributed by atoms with Crippen LogP contribution in [-0.4, -0.2) is 11.5 Å². The molecule has 4 heteroatoms. The lowest BCUT2D eigenvalue weighted by molar-refractivity contribution is 0.451. The number of rotatable bonds is 4. The Morgan fingerprint density at radius 2 is 2.38 bits per heavy atom. The molecule has 0 aliphatic rings. The molecular formula is C12H13BrN2O. The van der Waals surface area contributed by atoms with E-state index in [1.54, 1.807) is 12.5 Å². The zero-order chi connectivity index (χ0) is 11.4. The van der Waals surface area contributed by atoms with Gasteiger partial charge in [0, 0.05) is 16.9 Å². The fourth-order valence-electron chi connectivity index (χ4n) is 1.63. The summed E-state index contributed by atoms with van der Waals surface area (Å²) in [6.07, 6.45) is 5.31. The third-order valence-electron chi connectivity index (χ3n) is 2.30. The van der Waals surface area contributed by atoms with Crippen molar-refractivity contribution >= 4 is 15.9 Å². The van der Waals surface area contributed by atoms with Crippen LogP contribution >= 0.6 is 15.9 Å². The third kappa shape index (κ3) is 2.51. The first kappa shape index (κ1) is 11.4. The molecular weight excluding hydrogens is 268 g/mol. The minimum absolute atomic E-state index is 0.0602. The number of pyridine rings is 1. The topological polar surface area (TPSA) is 38.1 Å². The van der Waals surface area contributed by atoms with E-state index in [0.717, 1.165) is 22.3 Å². The summed E-state index contributed by atoms with van der Waals surface area (Å²) in [6.45, 7) is 2.94. The Balaban J connectivity index is 2.33. The molecule has 2 aromatic rings. The average molecular weight is 281 g/mol. The van der Waals surface area contributed by atoms with Gasteiger partial charge in [-0.25, -0.2) is 0 Å². The number of hydrogen-bond donors (Lipinski definition) is 1. The normalized spacial score (nSPS) is 12.6. The van der Waals surface area contributed by atoms with Crippen LogP contribution in [0.3, 0.4) is 0 Å². The number of nitrogens with one attached hydrogen (secondary N) is 1. The van der Waals surface area contributed by atoms with Gasteiger partial charge >= 0.3 is 0 Å². The molecule has 0 fully saturated rings. The van der Waals surface area contributed by atoms with Crippen molar-refractivity contribution in [3.05, 3.63) is 52.7 Å². The van der Waals surface area contributed by atoms with Crippen LogP contribution in [0.2, 0.25) is 0 Å². The summed E-state index contributed by atoms with van der Waals surface area (Å²) in [7, 11) is 0. The van der Waals surface area contributed by atoms with Gasteiger partial charge in [-0.05, 0) is 46.2 Å². The summed E-state index contributed by atoms with van der Waals surface area (Å²) in [5.74, 6) is 0.904. The Morgan fingerprint density at radius 3 is 3.00 bits per heavy atom. The molecule has 1 unspecified atom stereocenters. The first-order valence-electron chi connectivity index (χ1n) is 5.18. The maximum Gasteiger partial charge on any atom is 0.125 e. The molecule has 2 rings (SSSR count). The van der Waals surface area contributed by atoms with Crippen molar-refractivity contribution < 1.29 is 4.42 Å². The minimum atomic E-state index is 0.0602. The summed E-state index contributed by atoms with van der Waals surface area (Å²) in [4.78, 5) is 4.17. The molecule has 0 aliphatic heterocycles. The molecule has 0 amide bonds. The number of aromatic nitrogens is 1. The van der Waals surface area contributed by atoms with Gasteiger partial charge < -0.3 is 9.73 Å². The van der Waals surface area contributed by atoms with Gasteiger partial charge in [-0.15, -0.1) is 0 Å². The maximum atomic E-state index is 5.44. The average Bonchev–Trinajstić information content (AvgIpc) is 2.79. The van der Waals surface area contributed by atoms with Gasteiger partial charge in [0.05, 0.1) is 12.3 Å². The molecule has 0 saturated carbocycles. The summed E-state index contributed by atoms with van der Waals surface area (Å²) in [5.41, 5.74) is 1.09. The van der Waals surface area contributed by atoms with E-state index in [2.05, 4.69) is 33.2 Å². The third-order valence-corrected chi connectivity index (χ3v) is 2.73. The van der Waals surface area contributed by atoms with E-state index >= 15 is 0 Å². The van der Waals surface area contributed by atoms with Crippen molar-refractivity contribution in [1.29, 1.82) is 0 Å². The van der Waals surface area contributed by atoms with Gasteiger partial charge in [-0.1, -0.05) is 6.92 Å². The van der Waals surface area contributed by atoms with Gasteiger partial charge in [0.15, 0.2) is 0 Å². The molecule has 0 saturated heterocycles. The van der Waals surface area contributed by atoms with Crippen molar-refractivity contribution in [2.24, 2.45) is 0 Å². The number of halogens is 1.